The van der Waals surface area contributed by atoms with Gasteiger partial charge in [-0.25, -0.2) is 0 Å². The third-order valence-electron chi connectivity index (χ3n) is 2.63. The monoisotopic (exact) mass is 184 g/mol. The first-order valence-corrected chi connectivity index (χ1v) is 4.32. The van der Waals surface area contributed by atoms with Crippen molar-refractivity contribution in [1.29, 1.82) is 0 Å². The summed E-state index contributed by atoms with van der Waals surface area (Å²) in [5.41, 5.74) is 0. The molecule has 5 nitrogen and oxygen atoms in total. The third-order valence-corrected chi connectivity index (χ3v) is 2.63. The Balaban J connectivity index is 2.23. The van der Waals surface area contributed by atoms with Gasteiger partial charge in [0.15, 0.2) is 0 Å². The number of piperazine rings is 1. The number of likely N-dealkylation sites (N-methyl/N-ethyl adjacent to an activating group) is 1. The molecule has 0 unspecified atom stereocenters. The molecule has 13 heavy (non-hydrogen) atoms. The lowest BCUT2D eigenvalue weighted by Crippen LogP contribution is -2.55. The first kappa shape index (κ1) is 8.50. The predicted molar refractivity (Wildman–Crippen MR) is 43.8 cm³/mol. The molecule has 0 aromatic heterocycles. The molecular weight excluding hydrogens is 172 g/mol. The van der Waals surface area contributed by atoms with Gasteiger partial charge in [0.1, 0.15) is 6.04 Å². The van der Waals surface area contributed by atoms with E-state index in [9.17, 15) is 14.7 Å². The summed E-state index contributed by atoms with van der Waals surface area (Å²) in [6.07, 6.45) is -0.154. The lowest BCUT2D eigenvalue weighted by molar-refractivity contribution is -0.152. The van der Waals surface area contributed by atoms with Crippen LogP contribution in [0.5, 0.6) is 0 Å². The van der Waals surface area contributed by atoms with Crippen LogP contribution in [0.3, 0.4) is 0 Å². The summed E-state index contributed by atoms with van der Waals surface area (Å²) >= 11 is 0. The van der Waals surface area contributed by atoms with E-state index in [0.717, 1.165) is 0 Å². The first-order valence-electron chi connectivity index (χ1n) is 4.32. The molecule has 0 aliphatic carbocycles. The van der Waals surface area contributed by atoms with Crippen LogP contribution in [0, 0.1) is 0 Å². The summed E-state index contributed by atoms with van der Waals surface area (Å²) in [6.45, 7) is 0.450. The normalized spacial score (nSPS) is 34.0. The van der Waals surface area contributed by atoms with E-state index in [1.54, 1.807) is 7.05 Å². The van der Waals surface area contributed by atoms with Gasteiger partial charge in [-0.15, -0.1) is 0 Å². The summed E-state index contributed by atoms with van der Waals surface area (Å²) in [7, 11) is 1.61. The molecule has 2 saturated heterocycles. The van der Waals surface area contributed by atoms with Crippen molar-refractivity contribution in [3.8, 4) is 0 Å². The van der Waals surface area contributed by atoms with Gasteiger partial charge in [-0.3, -0.25) is 9.59 Å². The Morgan fingerprint density at radius 3 is 2.85 bits per heavy atom. The highest BCUT2D eigenvalue weighted by Gasteiger charge is 2.43. The van der Waals surface area contributed by atoms with Gasteiger partial charge in [0.25, 0.3) is 0 Å². The van der Waals surface area contributed by atoms with Gasteiger partial charge < -0.3 is 14.9 Å². The van der Waals surface area contributed by atoms with Gasteiger partial charge in [0.05, 0.1) is 12.6 Å². The molecule has 2 heterocycles. The highest BCUT2D eigenvalue weighted by atomic mass is 16.3. The van der Waals surface area contributed by atoms with Crippen LogP contribution in [0.4, 0.5) is 0 Å². The molecular formula is C8H12N2O3. The zero-order valence-corrected chi connectivity index (χ0v) is 7.43. The molecule has 0 saturated carbocycles. The van der Waals surface area contributed by atoms with Crippen LogP contribution in [0.15, 0.2) is 0 Å². The van der Waals surface area contributed by atoms with E-state index in [1.807, 2.05) is 0 Å². The Morgan fingerprint density at radius 1 is 1.46 bits per heavy atom. The predicted octanol–water partition coefficient (Wildman–Crippen LogP) is -1.58. The second kappa shape index (κ2) is 2.70. The van der Waals surface area contributed by atoms with Crippen LogP contribution in [0.1, 0.15) is 6.42 Å². The number of hydrogen-bond donors (Lipinski definition) is 1. The lowest BCUT2D eigenvalue weighted by atomic mass is 10.1. The van der Waals surface area contributed by atoms with E-state index in [-0.39, 0.29) is 18.4 Å². The average Bonchev–Trinajstić information content (AvgIpc) is 2.44. The summed E-state index contributed by atoms with van der Waals surface area (Å²) in [4.78, 5) is 25.8. The maximum atomic E-state index is 11.5. The molecule has 2 rings (SSSR count). The second-order valence-corrected chi connectivity index (χ2v) is 3.65. The SMILES string of the molecule is CN1CC(=O)N2C[C@H](O)C[C@H]2C1=O. The topological polar surface area (TPSA) is 60.9 Å². The summed E-state index contributed by atoms with van der Waals surface area (Å²) in [5.74, 6) is -0.125. The van der Waals surface area contributed by atoms with Gasteiger partial charge in [-0.1, -0.05) is 0 Å². The molecule has 0 radical (unpaired) electrons. The molecule has 5 heteroatoms. The van der Waals surface area contributed by atoms with E-state index in [4.69, 9.17) is 0 Å². The Morgan fingerprint density at radius 2 is 2.15 bits per heavy atom. The van der Waals surface area contributed by atoms with Gasteiger partial charge >= 0.3 is 0 Å². The number of aliphatic hydroxyl groups excluding tert-OH is 1. The molecule has 2 fully saturated rings. The van der Waals surface area contributed by atoms with E-state index < -0.39 is 12.1 Å². The highest BCUT2D eigenvalue weighted by molar-refractivity contribution is 5.95. The zero-order chi connectivity index (χ0) is 9.59. The Bertz CT molecular complexity index is 266. The van der Waals surface area contributed by atoms with E-state index in [0.29, 0.717) is 13.0 Å². The van der Waals surface area contributed by atoms with Crippen LogP contribution in [-0.2, 0) is 9.59 Å². The fourth-order valence-corrected chi connectivity index (χ4v) is 1.95. The summed E-state index contributed by atoms with van der Waals surface area (Å²) in [6, 6.07) is -0.416. The minimum Gasteiger partial charge on any atom is -0.391 e. The van der Waals surface area contributed by atoms with E-state index >= 15 is 0 Å². The van der Waals surface area contributed by atoms with Crippen molar-refractivity contribution in [1.82, 2.24) is 9.80 Å². The zero-order valence-electron chi connectivity index (χ0n) is 7.43. The van der Waals surface area contributed by atoms with E-state index in [2.05, 4.69) is 0 Å². The van der Waals surface area contributed by atoms with Crippen molar-refractivity contribution in [3.63, 3.8) is 0 Å². The number of hydrogen-bond acceptors (Lipinski definition) is 3. The maximum absolute atomic E-state index is 11.5. The molecule has 2 aliphatic rings. The molecule has 2 amide bonds. The van der Waals surface area contributed by atoms with E-state index in [1.165, 1.54) is 9.80 Å². The Labute approximate surface area is 75.9 Å². The van der Waals surface area contributed by atoms with Gasteiger partial charge in [0, 0.05) is 20.0 Å². The van der Waals surface area contributed by atoms with Crippen LogP contribution in [-0.4, -0.2) is 59.0 Å². The van der Waals surface area contributed by atoms with Crippen molar-refractivity contribution in [3.05, 3.63) is 0 Å². The number of fused-ring (bicyclic) bond motifs is 1. The number of carbonyl (C=O) groups is 2. The number of aliphatic hydroxyl groups is 1. The minimum absolute atomic E-state index is 0.0591. The summed E-state index contributed by atoms with van der Waals surface area (Å²) in [5, 5.41) is 9.32. The Hall–Kier alpha value is -1.10. The standard InChI is InChI=1S/C8H12N2O3/c1-9-4-7(12)10-3-5(11)2-6(10)8(9)13/h5-6,11H,2-4H2,1H3/t5-,6+/m1/s1. The second-order valence-electron chi connectivity index (χ2n) is 3.65. The van der Waals surface area contributed by atoms with Crippen LogP contribution < -0.4 is 0 Å². The van der Waals surface area contributed by atoms with Crippen molar-refractivity contribution in [2.75, 3.05) is 20.1 Å². The molecule has 2 aliphatic heterocycles. The summed E-state index contributed by atoms with van der Waals surface area (Å²) < 4.78 is 0. The molecule has 0 aromatic carbocycles. The quantitative estimate of drug-likeness (QED) is 0.494. The molecule has 0 bridgehead atoms. The fraction of sp³-hybridized carbons (Fsp3) is 0.750. The maximum Gasteiger partial charge on any atom is 0.245 e. The lowest BCUT2D eigenvalue weighted by Gasteiger charge is -2.33. The molecule has 0 spiro atoms. The molecule has 2 atom stereocenters. The van der Waals surface area contributed by atoms with Gasteiger partial charge in [0.2, 0.25) is 11.8 Å². The largest absolute Gasteiger partial charge is 0.391 e. The Kier molecular flexibility index (Phi) is 1.76. The molecule has 1 N–H and O–H groups in total. The molecule has 0 aromatic rings. The van der Waals surface area contributed by atoms with Crippen molar-refractivity contribution < 1.29 is 14.7 Å². The van der Waals surface area contributed by atoms with Crippen molar-refractivity contribution in [2.24, 2.45) is 0 Å². The molecule has 72 valence electrons. The van der Waals surface area contributed by atoms with Crippen LogP contribution in [0.25, 0.3) is 0 Å². The fourth-order valence-electron chi connectivity index (χ4n) is 1.95. The number of rotatable bonds is 0. The van der Waals surface area contributed by atoms with Crippen LogP contribution >= 0.6 is 0 Å². The third kappa shape index (κ3) is 1.19. The minimum atomic E-state index is -0.538. The van der Waals surface area contributed by atoms with Crippen molar-refractivity contribution >= 4 is 11.8 Å². The number of amides is 2. The first-order chi connectivity index (χ1) is 6.09. The highest BCUT2D eigenvalue weighted by Crippen LogP contribution is 2.22. The average molecular weight is 184 g/mol. The number of nitrogens with zero attached hydrogens (tertiary/aromatic N) is 2. The smallest absolute Gasteiger partial charge is 0.245 e. The van der Waals surface area contributed by atoms with Gasteiger partial charge in [-0.2, -0.15) is 0 Å². The van der Waals surface area contributed by atoms with Gasteiger partial charge in [-0.05, 0) is 0 Å². The van der Waals surface area contributed by atoms with Crippen LogP contribution in [0.2, 0.25) is 0 Å². The van der Waals surface area contributed by atoms with Crippen molar-refractivity contribution in [2.45, 2.75) is 18.6 Å². The number of carbonyl (C=O) groups excluding carboxylic acids is 2.